The Labute approximate surface area is 148 Å². The number of piperidine rings is 1. The van der Waals surface area contributed by atoms with Crippen LogP contribution in [0.1, 0.15) is 24.6 Å². The van der Waals surface area contributed by atoms with Gasteiger partial charge in [-0.25, -0.2) is 0 Å². The van der Waals surface area contributed by atoms with E-state index in [1.165, 1.54) is 0 Å². The van der Waals surface area contributed by atoms with Gasteiger partial charge in [0, 0.05) is 45.9 Å². The van der Waals surface area contributed by atoms with Crippen molar-refractivity contribution >= 4 is 5.96 Å². The number of likely N-dealkylation sites (tertiary alicyclic amines) is 1. The van der Waals surface area contributed by atoms with Crippen LogP contribution in [0.15, 0.2) is 39.8 Å². The number of guanidine groups is 1. The predicted molar refractivity (Wildman–Crippen MR) is 95.8 cm³/mol. The molecule has 3 rings (SSSR count). The van der Waals surface area contributed by atoms with E-state index in [9.17, 15) is 0 Å². The summed E-state index contributed by atoms with van der Waals surface area (Å²) in [7, 11) is 1.81. The molecule has 2 heterocycles. The average molecular weight is 343 g/mol. The van der Waals surface area contributed by atoms with Crippen LogP contribution in [0.4, 0.5) is 0 Å². The average Bonchev–Trinajstić information content (AvgIpc) is 3.06. The van der Waals surface area contributed by atoms with Crippen molar-refractivity contribution in [2.24, 2.45) is 4.99 Å². The molecule has 1 N–H and O–H groups in total. The van der Waals surface area contributed by atoms with Gasteiger partial charge in [-0.2, -0.15) is 4.98 Å². The third-order valence-corrected chi connectivity index (χ3v) is 4.19. The highest BCUT2D eigenvalue weighted by molar-refractivity contribution is 5.79. The molecule has 2 aromatic rings. The summed E-state index contributed by atoms with van der Waals surface area (Å²) in [6.07, 6.45) is 2.92. The van der Waals surface area contributed by atoms with Gasteiger partial charge in [-0.3, -0.25) is 4.99 Å². The van der Waals surface area contributed by atoms with Crippen molar-refractivity contribution in [3.05, 3.63) is 42.0 Å². The van der Waals surface area contributed by atoms with Crippen LogP contribution in [0.25, 0.3) is 0 Å². The Morgan fingerprint density at radius 3 is 2.72 bits per heavy atom. The maximum atomic E-state index is 6.04. The summed E-state index contributed by atoms with van der Waals surface area (Å²) in [6.45, 7) is 4.39. The molecule has 1 fully saturated rings. The molecule has 0 aliphatic carbocycles. The first-order valence-electron chi connectivity index (χ1n) is 8.71. The van der Waals surface area contributed by atoms with Crippen molar-refractivity contribution in [2.75, 3.05) is 26.7 Å². The number of aryl methyl sites for hydroxylation is 1. The molecule has 0 unspecified atom stereocenters. The third-order valence-electron chi connectivity index (χ3n) is 4.19. The van der Waals surface area contributed by atoms with Gasteiger partial charge in [-0.05, 0) is 19.1 Å². The van der Waals surface area contributed by atoms with Crippen LogP contribution >= 0.6 is 0 Å². The highest BCUT2D eigenvalue weighted by atomic mass is 16.5. The van der Waals surface area contributed by atoms with Gasteiger partial charge in [0.05, 0.1) is 0 Å². The molecule has 1 aliphatic rings. The maximum Gasteiger partial charge on any atom is 0.228 e. The number of nitrogens with one attached hydrogen (secondary N) is 1. The predicted octanol–water partition coefficient (Wildman–Crippen LogP) is 2.04. The lowest BCUT2D eigenvalue weighted by atomic mass is 10.1. The van der Waals surface area contributed by atoms with Crippen LogP contribution in [0.3, 0.4) is 0 Å². The summed E-state index contributed by atoms with van der Waals surface area (Å²) in [5, 5.41) is 7.17. The third kappa shape index (κ3) is 4.95. The molecule has 0 amide bonds. The Morgan fingerprint density at radius 2 is 2.08 bits per heavy atom. The molecule has 1 saturated heterocycles. The highest BCUT2D eigenvalue weighted by Crippen LogP contribution is 2.18. The van der Waals surface area contributed by atoms with E-state index in [-0.39, 0.29) is 6.10 Å². The van der Waals surface area contributed by atoms with Crippen LogP contribution in [0, 0.1) is 6.92 Å². The van der Waals surface area contributed by atoms with Crippen molar-refractivity contribution in [3.63, 3.8) is 0 Å². The molecule has 0 spiro atoms. The molecular weight excluding hydrogens is 318 g/mol. The van der Waals surface area contributed by atoms with Gasteiger partial charge in [-0.1, -0.05) is 23.4 Å². The number of benzene rings is 1. The molecule has 0 bridgehead atoms. The van der Waals surface area contributed by atoms with Gasteiger partial charge >= 0.3 is 0 Å². The smallest absolute Gasteiger partial charge is 0.228 e. The minimum absolute atomic E-state index is 0.262. The zero-order chi connectivity index (χ0) is 17.5. The molecule has 7 heteroatoms. The number of hydrogen-bond acceptors (Lipinski definition) is 5. The van der Waals surface area contributed by atoms with E-state index >= 15 is 0 Å². The summed E-state index contributed by atoms with van der Waals surface area (Å²) in [4.78, 5) is 10.9. The van der Waals surface area contributed by atoms with Gasteiger partial charge in [0.1, 0.15) is 11.9 Å². The fraction of sp³-hybridized carbons (Fsp3) is 0.500. The lowest BCUT2D eigenvalue weighted by Crippen LogP contribution is -2.47. The fourth-order valence-corrected chi connectivity index (χ4v) is 2.93. The van der Waals surface area contributed by atoms with Gasteiger partial charge < -0.3 is 19.5 Å². The second kappa shape index (κ2) is 8.50. The summed E-state index contributed by atoms with van der Waals surface area (Å²) in [5.41, 5.74) is 0. The van der Waals surface area contributed by atoms with E-state index in [4.69, 9.17) is 9.26 Å². The number of nitrogens with zero attached hydrogens (tertiary/aromatic N) is 4. The van der Waals surface area contributed by atoms with Crippen LogP contribution in [-0.4, -0.2) is 53.8 Å². The highest BCUT2D eigenvalue weighted by Gasteiger charge is 2.22. The van der Waals surface area contributed by atoms with Gasteiger partial charge in [0.25, 0.3) is 0 Å². The number of para-hydroxylation sites is 1. The summed E-state index contributed by atoms with van der Waals surface area (Å²) >= 11 is 0. The van der Waals surface area contributed by atoms with Crippen LogP contribution < -0.4 is 10.1 Å². The summed E-state index contributed by atoms with van der Waals surface area (Å²) < 4.78 is 11.2. The van der Waals surface area contributed by atoms with E-state index in [0.717, 1.165) is 44.2 Å². The molecule has 0 radical (unpaired) electrons. The molecule has 25 heavy (non-hydrogen) atoms. The minimum atomic E-state index is 0.262. The van der Waals surface area contributed by atoms with Crippen molar-refractivity contribution in [3.8, 4) is 5.75 Å². The quantitative estimate of drug-likeness (QED) is 0.661. The first kappa shape index (κ1) is 17.3. The summed E-state index contributed by atoms with van der Waals surface area (Å²) in [6, 6.07) is 10.0. The second-order valence-corrected chi connectivity index (χ2v) is 6.08. The Balaban J connectivity index is 1.42. The molecule has 1 aromatic carbocycles. The largest absolute Gasteiger partial charge is 0.490 e. The Hall–Kier alpha value is -2.57. The molecular formula is C18H25N5O2. The number of hydrogen-bond donors (Lipinski definition) is 1. The SMILES string of the molecule is CN=C(NCCc1nc(C)no1)N1CCC(Oc2ccccc2)CC1. The van der Waals surface area contributed by atoms with Gasteiger partial charge in [0.2, 0.25) is 5.89 Å². The zero-order valence-corrected chi connectivity index (χ0v) is 14.8. The number of ether oxygens (including phenoxy) is 1. The first-order chi connectivity index (χ1) is 12.2. The number of aliphatic imine (C=N–C) groups is 1. The van der Waals surface area contributed by atoms with E-state index in [1.54, 1.807) is 0 Å². The second-order valence-electron chi connectivity index (χ2n) is 6.08. The number of aromatic nitrogens is 2. The minimum Gasteiger partial charge on any atom is -0.490 e. The van der Waals surface area contributed by atoms with Crippen LogP contribution in [-0.2, 0) is 6.42 Å². The molecule has 7 nitrogen and oxygen atoms in total. The van der Waals surface area contributed by atoms with Crippen molar-refractivity contribution in [2.45, 2.75) is 32.3 Å². The lowest BCUT2D eigenvalue weighted by molar-refractivity contribution is 0.129. The normalized spacial score (nSPS) is 16.1. The standard InChI is InChI=1S/C18H25N5O2/c1-14-21-17(25-22-14)8-11-20-18(19-2)23-12-9-16(10-13-23)24-15-6-4-3-5-7-15/h3-7,16H,8-13H2,1-2H3,(H,19,20). The van der Waals surface area contributed by atoms with E-state index in [1.807, 2.05) is 44.3 Å². The molecule has 0 saturated carbocycles. The Kier molecular flexibility index (Phi) is 5.87. The van der Waals surface area contributed by atoms with Gasteiger partial charge in [-0.15, -0.1) is 0 Å². The first-order valence-corrected chi connectivity index (χ1v) is 8.71. The van der Waals surface area contributed by atoms with E-state index in [0.29, 0.717) is 18.1 Å². The lowest BCUT2D eigenvalue weighted by Gasteiger charge is -2.34. The van der Waals surface area contributed by atoms with Crippen LogP contribution in [0.2, 0.25) is 0 Å². The zero-order valence-electron chi connectivity index (χ0n) is 14.8. The summed E-state index contributed by atoms with van der Waals surface area (Å²) in [5.74, 6) is 3.17. The van der Waals surface area contributed by atoms with E-state index < -0.39 is 0 Å². The molecule has 1 aliphatic heterocycles. The van der Waals surface area contributed by atoms with Crippen molar-refractivity contribution in [1.29, 1.82) is 0 Å². The Bertz CT molecular complexity index is 678. The van der Waals surface area contributed by atoms with Crippen molar-refractivity contribution in [1.82, 2.24) is 20.4 Å². The van der Waals surface area contributed by atoms with Crippen molar-refractivity contribution < 1.29 is 9.26 Å². The Morgan fingerprint density at radius 1 is 1.32 bits per heavy atom. The van der Waals surface area contributed by atoms with Gasteiger partial charge in [0.15, 0.2) is 11.8 Å². The monoisotopic (exact) mass is 343 g/mol. The fourth-order valence-electron chi connectivity index (χ4n) is 2.93. The number of rotatable bonds is 5. The molecule has 0 atom stereocenters. The molecule has 1 aromatic heterocycles. The van der Waals surface area contributed by atoms with Crippen LogP contribution in [0.5, 0.6) is 5.75 Å². The topological polar surface area (TPSA) is 75.8 Å². The molecule has 134 valence electrons. The van der Waals surface area contributed by atoms with E-state index in [2.05, 4.69) is 25.3 Å². The maximum absolute atomic E-state index is 6.04.